The first-order valence-electron chi connectivity index (χ1n) is 3.73. The largest absolute Gasteiger partial charge is 0.492 e. The van der Waals surface area contributed by atoms with Gasteiger partial charge in [0.25, 0.3) is 0 Å². The third kappa shape index (κ3) is 2.05. The third-order valence-electron chi connectivity index (χ3n) is 1.51. The van der Waals surface area contributed by atoms with Gasteiger partial charge < -0.3 is 4.74 Å². The summed E-state index contributed by atoms with van der Waals surface area (Å²) in [4.78, 5) is 0. The summed E-state index contributed by atoms with van der Waals surface area (Å²) in [7, 11) is 0. The number of aryl methyl sites for hydroxylation is 1. The number of hydrogen-bond acceptors (Lipinski definition) is 1. The van der Waals surface area contributed by atoms with E-state index in [1.807, 2.05) is 13.8 Å². The van der Waals surface area contributed by atoms with Gasteiger partial charge in [0.2, 0.25) is 0 Å². The molecule has 0 N–H and O–H groups in total. The second-order valence-electron chi connectivity index (χ2n) is 2.46. The van der Waals surface area contributed by atoms with E-state index in [0.29, 0.717) is 22.4 Å². The molecule has 0 radical (unpaired) electrons. The van der Waals surface area contributed by atoms with E-state index in [1.54, 1.807) is 12.1 Å². The van der Waals surface area contributed by atoms with Crippen molar-refractivity contribution >= 4 is 23.2 Å². The molecule has 0 bridgehead atoms. The summed E-state index contributed by atoms with van der Waals surface area (Å²) in [6.45, 7) is 4.41. The van der Waals surface area contributed by atoms with Gasteiger partial charge in [-0.05, 0) is 25.5 Å². The first-order valence-corrected chi connectivity index (χ1v) is 4.49. The van der Waals surface area contributed by atoms with Crippen LogP contribution in [0.4, 0.5) is 0 Å². The number of rotatable bonds is 2. The lowest BCUT2D eigenvalue weighted by Crippen LogP contribution is -1.92. The van der Waals surface area contributed by atoms with Crippen molar-refractivity contribution in [2.24, 2.45) is 0 Å². The molecule has 0 aliphatic heterocycles. The number of hydrogen-bond donors (Lipinski definition) is 0. The molecule has 0 atom stereocenters. The van der Waals surface area contributed by atoms with Crippen LogP contribution in [-0.2, 0) is 0 Å². The van der Waals surface area contributed by atoms with Crippen LogP contribution in [-0.4, -0.2) is 6.61 Å². The van der Waals surface area contributed by atoms with Gasteiger partial charge >= 0.3 is 0 Å². The summed E-state index contributed by atoms with van der Waals surface area (Å²) in [5.41, 5.74) is 0.963. The van der Waals surface area contributed by atoms with Crippen molar-refractivity contribution in [3.63, 3.8) is 0 Å². The van der Waals surface area contributed by atoms with E-state index < -0.39 is 0 Å². The average Bonchev–Trinajstić information content (AvgIpc) is 2.01. The predicted molar refractivity (Wildman–Crippen MR) is 52.4 cm³/mol. The Morgan fingerprint density at radius 2 is 1.92 bits per heavy atom. The molecule has 0 spiro atoms. The van der Waals surface area contributed by atoms with Crippen LogP contribution in [0, 0.1) is 6.92 Å². The second-order valence-corrected chi connectivity index (χ2v) is 3.28. The Hall–Kier alpha value is -0.400. The Kier molecular flexibility index (Phi) is 3.24. The number of ether oxygens (including phenoxy) is 1. The van der Waals surface area contributed by atoms with Crippen LogP contribution >= 0.6 is 23.2 Å². The summed E-state index contributed by atoms with van der Waals surface area (Å²) < 4.78 is 5.26. The van der Waals surface area contributed by atoms with Crippen molar-refractivity contribution in [3.8, 4) is 5.75 Å². The van der Waals surface area contributed by atoms with Crippen molar-refractivity contribution in [3.05, 3.63) is 27.7 Å². The molecular formula is C9H10Cl2O. The van der Waals surface area contributed by atoms with E-state index in [9.17, 15) is 0 Å². The fraction of sp³-hybridized carbons (Fsp3) is 0.333. The highest BCUT2D eigenvalue weighted by Gasteiger charge is 2.04. The summed E-state index contributed by atoms with van der Waals surface area (Å²) >= 11 is 11.8. The molecule has 0 saturated heterocycles. The fourth-order valence-corrected chi connectivity index (χ4v) is 1.32. The molecule has 0 aliphatic carbocycles. The molecule has 0 heterocycles. The monoisotopic (exact) mass is 204 g/mol. The van der Waals surface area contributed by atoms with Gasteiger partial charge in [0.1, 0.15) is 5.75 Å². The maximum Gasteiger partial charge on any atom is 0.139 e. The Bertz CT molecular complexity index is 284. The van der Waals surface area contributed by atoms with Gasteiger partial charge in [0.05, 0.1) is 11.6 Å². The van der Waals surface area contributed by atoms with Crippen LogP contribution in [0.15, 0.2) is 12.1 Å². The minimum absolute atomic E-state index is 0.596. The maximum absolute atomic E-state index is 5.90. The lowest BCUT2D eigenvalue weighted by molar-refractivity contribution is 0.340. The molecule has 3 heteroatoms. The molecule has 0 fully saturated rings. The van der Waals surface area contributed by atoms with E-state index in [2.05, 4.69) is 0 Å². The van der Waals surface area contributed by atoms with Crippen LogP contribution in [0.25, 0.3) is 0 Å². The van der Waals surface area contributed by atoms with Gasteiger partial charge in [-0.2, -0.15) is 0 Å². The third-order valence-corrected chi connectivity index (χ3v) is 2.22. The van der Waals surface area contributed by atoms with E-state index in [0.717, 1.165) is 5.56 Å². The molecule has 1 nitrogen and oxygen atoms in total. The lowest BCUT2D eigenvalue weighted by atomic mass is 10.2. The van der Waals surface area contributed by atoms with Gasteiger partial charge in [-0.1, -0.05) is 23.2 Å². The SMILES string of the molecule is CCOc1cc(Cl)c(C)cc1Cl. The smallest absolute Gasteiger partial charge is 0.139 e. The van der Waals surface area contributed by atoms with Gasteiger partial charge in [-0.15, -0.1) is 0 Å². The lowest BCUT2D eigenvalue weighted by Gasteiger charge is -2.07. The second kappa shape index (κ2) is 4.01. The van der Waals surface area contributed by atoms with Crippen molar-refractivity contribution < 1.29 is 4.74 Å². The molecule has 0 aliphatic rings. The van der Waals surface area contributed by atoms with Crippen molar-refractivity contribution in [2.75, 3.05) is 6.61 Å². The van der Waals surface area contributed by atoms with Crippen LogP contribution in [0.2, 0.25) is 10.0 Å². The maximum atomic E-state index is 5.90. The quantitative estimate of drug-likeness (QED) is 0.715. The molecule has 1 aromatic carbocycles. The van der Waals surface area contributed by atoms with Crippen molar-refractivity contribution in [2.45, 2.75) is 13.8 Å². The first-order chi connectivity index (χ1) is 5.65. The first kappa shape index (κ1) is 9.69. The molecule has 66 valence electrons. The van der Waals surface area contributed by atoms with Gasteiger partial charge in [-0.25, -0.2) is 0 Å². The molecule has 1 aromatic rings. The highest BCUT2D eigenvalue weighted by molar-refractivity contribution is 6.34. The summed E-state index contributed by atoms with van der Waals surface area (Å²) in [5, 5.41) is 1.29. The molecule has 1 rings (SSSR count). The minimum atomic E-state index is 0.596. The van der Waals surface area contributed by atoms with Crippen LogP contribution in [0.5, 0.6) is 5.75 Å². The highest BCUT2D eigenvalue weighted by Crippen LogP contribution is 2.30. The van der Waals surface area contributed by atoms with E-state index >= 15 is 0 Å². The summed E-state index contributed by atoms with van der Waals surface area (Å²) in [5.74, 6) is 0.648. The minimum Gasteiger partial charge on any atom is -0.492 e. The average molecular weight is 205 g/mol. The normalized spacial score (nSPS) is 10.0. The van der Waals surface area contributed by atoms with Crippen LogP contribution in [0.3, 0.4) is 0 Å². The molecule has 0 amide bonds. The highest BCUT2D eigenvalue weighted by atomic mass is 35.5. The Morgan fingerprint density at radius 3 is 2.50 bits per heavy atom. The van der Waals surface area contributed by atoms with Crippen LogP contribution < -0.4 is 4.74 Å². The van der Waals surface area contributed by atoms with Crippen molar-refractivity contribution in [1.82, 2.24) is 0 Å². The topological polar surface area (TPSA) is 9.23 Å². The van der Waals surface area contributed by atoms with Gasteiger partial charge in [-0.3, -0.25) is 0 Å². The standard InChI is InChI=1S/C9H10Cl2O/c1-3-12-9-5-7(10)6(2)4-8(9)11/h4-5H,3H2,1-2H3. The Balaban J connectivity index is 3.05. The number of halogens is 2. The van der Waals surface area contributed by atoms with E-state index in [1.165, 1.54) is 0 Å². The zero-order valence-electron chi connectivity index (χ0n) is 7.03. The zero-order valence-corrected chi connectivity index (χ0v) is 8.54. The molecule has 0 aromatic heterocycles. The fourth-order valence-electron chi connectivity index (χ4n) is 0.894. The predicted octanol–water partition coefficient (Wildman–Crippen LogP) is 3.70. The Morgan fingerprint density at radius 1 is 1.25 bits per heavy atom. The summed E-state index contributed by atoms with van der Waals surface area (Å²) in [6.07, 6.45) is 0. The molecule has 0 saturated carbocycles. The molecular weight excluding hydrogens is 195 g/mol. The van der Waals surface area contributed by atoms with E-state index in [4.69, 9.17) is 27.9 Å². The summed E-state index contributed by atoms with van der Waals surface area (Å²) in [6, 6.07) is 3.54. The Labute approximate surface area is 82.2 Å². The van der Waals surface area contributed by atoms with Gasteiger partial charge in [0, 0.05) is 11.1 Å². The van der Waals surface area contributed by atoms with E-state index in [-0.39, 0.29) is 0 Å². The van der Waals surface area contributed by atoms with Crippen LogP contribution in [0.1, 0.15) is 12.5 Å². The zero-order chi connectivity index (χ0) is 9.14. The van der Waals surface area contributed by atoms with Crippen molar-refractivity contribution in [1.29, 1.82) is 0 Å². The molecule has 12 heavy (non-hydrogen) atoms. The van der Waals surface area contributed by atoms with Gasteiger partial charge in [0.15, 0.2) is 0 Å². The number of benzene rings is 1. The molecule has 0 unspecified atom stereocenters.